The van der Waals surface area contributed by atoms with Gasteiger partial charge in [0.05, 0.1) is 19.3 Å². The van der Waals surface area contributed by atoms with Crippen molar-refractivity contribution in [2.75, 3.05) is 13.2 Å². The third-order valence-corrected chi connectivity index (χ3v) is 8.05. The highest BCUT2D eigenvalue weighted by molar-refractivity contribution is 5.78. The summed E-state index contributed by atoms with van der Waals surface area (Å²) in [6, 6.07) is 1.76. The maximum Gasteiger partial charge on any atom is 0.328 e. The Morgan fingerprint density at radius 3 is 2.06 bits per heavy atom. The molecular weight excluding hydrogens is 402 g/mol. The van der Waals surface area contributed by atoms with E-state index in [1.807, 2.05) is 0 Å². The predicted octanol–water partition coefficient (Wildman–Crippen LogP) is 7.24. The van der Waals surface area contributed by atoms with Crippen molar-refractivity contribution in [1.82, 2.24) is 0 Å². The smallest absolute Gasteiger partial charge is 0.328 e. The molecule has 5 nitrogen and oxygen atoms in total. The zero-order valence-electron chi connectivity index (χ0n) is 20.7. The van der Waals surface area contributed by atoms with Gasteiger partial charge in [0.1, 0.15) is 0 Å². The van der Waals surface area contributed by atoms with Crippen molar-refractivity contribution >= 4 is 5.97 Å². The number of nitriles is 1. The normalized spacial score (nSPS) is 28.2. The van der Waals surface area contributed by atoms with Gasteiger partial charge in [-0.1, -0.05) is 78.1 Å². The molecule has 0 amide bonds. The lowest BCUT2D eigenvalue weighted by molar-refractivity contribution is -0.224. The molecule has 2 aliphatic carbocycles. The molecule has 3 rings (SSSR count). The number of ether oxygens (including phenoxy) is 2. The lowest BCUT2D eigenvalue weighted by atomic mass is 9.60. The molecule has 2 saturated carbocycles. The first kappa shape index (κ1) is 27.1. The Morgan fingerprint density at radius 1 is 0.938 bits per heavy atom. The minimum absolute atomic E-state index is 0.0877. The van der Waals surface area contributed by atoms with E-state index in [1.165, 1.54) is 51.4 Å². The number of carboxylic acids is 1. The Hall–Kier alpha value is -1.12. The molecule has 0 aromatic carbocycles. The number of carbonyl (C=O) groups is 1. The van der Waals surface area contributed by atoms with Crippen LogP contribution in [0.1, 0.15) is 123 Å². The van der Waals surface area contributed by atoms with Gasteiger partial charge < -0.3 is 14.6 Å². The highest BCUT2D eigenvalue weighted by Gasteiger charge is 2.44. The van der Waals surface area contributed by atoms with Crippen LogP contribution in [0.4, 0.5) is 0 Å². The monoisotopic (exact) mass is 449 g/mol. The standard InChI is InChI=1S/C16H30.C11H17NO4/c1-2-3-12-16(13-8-5-9-14-16)15-10-6-4-7-11-15;1-2-3-4-5-9-15-7-11(6-12,8-16-9)10(13)14/h15H,2-14H2,1H3;9H,2-5,7-8H2,1H3,(H,13,14)/t;9-,11+. The summed E-state index contributed by atoms with van der Waals surface area (Å²) in [6.07, 6.45) is 23.4. The first-order chi connectivity index (χ1) is 15.5. The second kappa shape index (κ2) is 14.2. The third-order valence-electron chi connectivity index (χ3n) is 8.05. The molecule has 0 aromatic rings. The molecule has 3 aliphatic rings. The summed E-state index contributed by atoms with van der Waals surface area (Å²) >= 11 is 0. The van der Waals surface area contributed by atoms with Crippen LogP contribution in [-0.4, -0.2) is 30.6 Å². The van der Waals surface area contributed by atoms with E-state index in [-0.39, 0.29) is 19.5 Å². The van der Waals surface area contributed by atoms with E-state index in [2.05, 4.69) is 13.8 Å². The van der Waals surface area contributed by atoms with E-state index in [0.717, 1.165) is 37.0 Å². The van der Waals surface area contributed by atoms with Gasteiger partial charge in [0.15, 0.2) is 6.29 Å². The van der Waals surface area contributed by atoms with Gasteiger partial charge >= 0.3 is 5.97 Å². The highest BCUT2D eigenvalue weighted by Crippen LogP contribution is 2.51. The molecule has 184 valence electrons. The SMILES string of the molecule is CCCCC1(C2CCCCC2)CCCCC1.CCCCC[C@H]1OC[C@@](C#N)(C(=O)O)CO1. The van der Waals surface area contributed by atoms with E-state index < -0.39 is 11.4 Å². The maximum atomic E-state index is 10.9. The van der Waals surface area contributed by atoms with E-state index in [4.69, 9.17) is 19.8 Å². The summed E-state index contributed by atoms with van der Waals surface area (Å²) in [6.45, 7) is 4.29. The number of hydrogen-bond acceptors (Lipinski definition) is 4. The molecule has 0 atom stereocenters. The number of carboxylic acid groups (broad SMARTS) is 1. The topological polar surface area (TPSA) is 79.5 Å². The third kappa shape index (κ3) is 7.73. The van der Waals surface area contributed by atoms with Crippen LogP contribution in [0.5, 0.6) is 0 Å². The lowest BCUT2D eigenvalue weighted by Gasteiger charge is -2.46. The van der Waals surface area contributed by atoms with E-state index in [1.54, 1.807) is 38.2 Å². The van der Waals surface area contributed by atoms with Gasteiger partial charge in [-0.3, -0.25) is 4.79 Å². The van der Waals surface area contributed by atoms with Crippen LogP contribution in [-0.2, 0) is 14.3 Å². The summed E-state index contributed by atoms with van der Waals surface area (Å²) in [5.41, 5.74) is -0.726. The van der Waals surface area contributed by atoms with Crippen molar-refractivity contribution in [3.8, 4) is 6.07 Å². The van der Waals surface area contributed by atoms with E-state index in [0.29, 0.717) is 0 Å². The fourth-order valence-electron chi connectivity index (χ4n) is 5.89. The van der Waals surface area contributed by atoms with E-state index >= 15 is 0 Å². The largest absolute Gasteiger partial charge is 0.480 e. The summed E-state index contributed by atoms with van der Waals surface area (Å²) in [7, 11) is 0. The van der Waals surface area contributed by atoms with Gasteiger partial charge in [-0.05, 0) is 56.3 Å². The molecule has 5 heteroatoms. The fraction of sp³-hybridized carbons (Fsp3) is 0.926. The summed E-state index contributed by atoms with van der Waals surface area (Å²) in [5.74, 6) is -0.0740. The molecule has 0 bridgehead atoms. The average Bonchev–Trinajstić information content (AvgIpc) is 2.85. The fourth-order valence-corrected chi connectivity index (χ4v) is 5.89. The van der Waals surface area contributed by atoms with Gasteiger partial charge in [0, 0.05) is 0 Å². The Morgan fingerprint density at radius 2 is 1.53 bits per heavy atom. The zero-order chi connectivity index (χ0) is 23.3. The van der Waals surface area contributed by atoms with Crippen LogP contribution < -0.4 is 0 Å². The van der Waals surface area contributed by atoms with Crippen LogP contribution in [0, 0.1) is 28.1 Å². The number of nitrogens with zero attached hydrogens (tertiary/aromatic N) is 1. The quantitative estimate of drug-likeness (QED) is 0.375. The number of aliphatic carboxylic acids is 1. The second-order valence-corrected chi connectivity index (χ2v) is 10.4. The minimum Gasteiger partial charge on any atom is -0.480 e. The first-order valence-electron chi connectivity index (χ1n) is 13.4. The molecule has 0 spiro atoms. The van der Waals surface area contributed by atoms with Gasteiger partial charge in [-0.25, -0.2) is 0 Å². The Bertz CT molecular complexity index is 565. The summed E-state index contributed by atoms with van der Waals surface area (Å²) in [4.78, 5) is 10.9. The molecule has 0 radical (unpaired) electrons. The number of rotatable bonds is 9. The van der Waals surface area contributed by atoms with Crippen molar-refractivity contribution in [1.29, 1.82) is 5.26 Å². The van der Waals surface area contributed by atoms with Crippen molar-refractivity contribution in [3.63, 3.8) is 0 Å². The average molecular weight is 450 g/mol. The molecule has 32 heavy (non-hydrogen) atoms. The van der Waals surface area contributed by atoms with Crippen molar-refractivity contribution in [2.24, 2.45) is 16.7 Å². The second-order valence-electron chi connectivity index (χ2n) is 10.4. The van der Waals surface area contributed by atoms with Crippen LogP contribution in [0.3, 0.4) is 0 Å². The van der Waals surface area contributed by atoms with Crippen LogP contribution in [0.25, 0.3) is 0 Å². The van der Waals surface area contributed by atoms with Crippen molar-refractivity contribution in [2.45, 2.75) is 129 Å². The minimum atomic E-state index is -1.53. The number of hydrogen-bond donors (Lipinski definition) is 1. The van der Waals surface area contributed by atoms with Crippen molar-refractivity contribution < 1.29 is 19.4 Å². The van der Waals surface area contributed by atoms with Crippen molar-refractivity contribution in [3.05, 3.63) is 0 Å². The Labute approximate surface area is 196 Å². The van der Waals surface area contributed by atoms with Gasteiger partial charge in [0.25, 0.3) is 0 Å². The van der Waals surface area contributed by atoms with Crippen LogP contribution >= 0.6 is 0 Å². The van der Waals surface area contributed by atoms with Crippen LogP contribution in [0.2, 0.25) is 0 Å². The summed E-state index contributed by atoms with van der Waals surface area (Å²) < 4.78 is 10.5. The van der Waals surface area contributed by atoms with E-state index in [9.17, 15) is 4.79 Å². The van der Waals surface area contributed by atoms with Gasteiger partial charge in [0.2, 0.25) is 5.41 Å². The molecule has 1 heterocycles. The Balaban J connectivity index is 0.000000227. The lowest BCUT2D eigenvalue weighted by Crippen LogP contribution is -2.46. The molecule has 1 N–H and O–H groups in total. The molecule has 1 saturated heterocycles. The molecule has 3 fully saturated rings. The van der Waals surface area contributed by atoms with Crippen LogP contribution in [0.15, 0.2) is 0 Å². The van der Waals surface area contributed by atoms with Gasteiger partial charge in [-0.2, -0.15) is 5.26 Å². The molecule has 1 aliphatic heterocycles. The molecular formula is C27H47NO4. The summed E-state index contributed by atoms with van der Waals surface area (Å²) in [5, 5.41) is 17.7. The van der Waals surface area contributed by atoms with Gasteiger partial charge in [-0.15, -0.1) is 0 Å². The highest BCUT2D eigenvalue weighted by atomic mass is 16.7. The Kier molecular flexibility index (Phi) is 12.0. The zero-order valence-corrected chi connectivity index (χ0v) is 20.7. The predicted molar refractivity (Wildman–Crippen MR) is 127 cm³/mol. The first-order valence-corrected chi connectivity index (χ1v) is 13.4. The molecule has 0 unspecified atom stereocenters. The maximum absolute atomic E-state index is 10.9. The molecule has 0 aromatic heterocycles. The number of unbranched alkanes of at least 4 members (excludes halogenated alkanes) is 3.